The average Bonchev–Trinajstić information content (AvgIpc) is 2.66. The van der Waals surface area contributed by atoms with Crippen LogP contribution in [0.5, 0.6) is 0 Å². The van der Waals surface area contributed by atoms with Gasteiger partial charge in [-0.25, -0.2) is 0 Å². The van der Waals surface area contributed by atoms with Crippen molar-refractivity contribution in [3.8, 4) is 0 Å². The molecule has 3 N–H and O–H groups in total. The molecule has 2 atom stereocenters. The summed E-state index contributed by atoms with van der Waals surface area (Å²) >= 11 is 0. The summed E-state index contributed by atoms with van der Waals surface area (Å²) < 4.78 is 0. The number of benzene rings is 1. The molecule has 2 heterocycles. The summed E-state index contributed by atoms with van der Waals surface area (Å²) in [4.78, 5) is 27.0. The Kier molecular flexibility index (Phi) is 5.75. The molecule has 0 aliphatic carbocycles. The number of aryl methyl sites for hydroxylation is 1. The summed E-state index contributed by atoms with van der Waals surface area (Å²) in [5.41, 5.74) is 1.32. The molecule has 0 aromatic heterocycles. The second kappa shape index (κ2) is 7.89. The van der Waals surface area contributed by atoms with E-state index >= 15 is 0 Å². The molecule has 148 valence electrons. The minimum Gasteiger partial charge on any atom is -0.481 e. The molecular formula is C21H30N2O4. The Balaban J connectivity index is 1.87. The Hall–Kier alpha value is -2.08. The van der Waals surface area contributed by atoms with E-state index < -0.39 is 17.5 Å². The highest BCUT2D eigenvalue weighted by Gasteiger charge is 2.50. The standard InChI is InChI=1S/C21H30N2O4/c1-14(2)8-10-21(20(26)27)13-23(12-9-17(21)24)19(25)16-7-3-5-15-6-4-11-22-18(15)16/h3,5,7,14,17,22,24H,4,6,8-13H2,1-2H3,(H,26,27)/t17-,21-/m1/s1. The number of hydrogen-bond donors (Lipinski definition) is 3. The number of piperidine rings is 1. The van der Waals surface area contributed by atoms with Gasteiger partial charge in [0.15, 0.2) is 0 Å². The Bertz CT molecular complexity index is 718. The number of carbonyl (C=O) groups is 2. The maximum absolute atomic E-state index is 13.2. The lowest BCUT2D eigenvalue weighted by Gasteiger charge is -2.44. The Morgan fingerprint density at radius 2 is 2.15 bits per heavy atom. The van der Waals surface area contributed by atoms with E-state index in [2.05, 4.69) is 5.32 Å². The predicted molar refractivity (Wildman–Crippen MR) is 104 cm³/mol. The molecule has 1 aromatic rings. The molecular weight excluding hydrogens is 344 g/mol. The van der Waals surface area contributed by atoms with Crippen LogP contribution in [0, 0.1) is 11.3 Å². The van der Waals surface area contributed by atoms with Crippen molar-refractivity contribution in [1.82, 2.24) is 4.90 Å². The molecule has 2 aliphatic heterocycles. The Morgan fingerprint density at radius 1 is 1.37 bits per heavy atom. The molecule has 1 saturated heterocycles. The lowest BCUT2D eigenvalue weighted by Crippen LogP contribution is -2.57. The van der Waals surface area contributed by atoms with Crippen LogP contribution in [0.25, 0.3) is 0 Å². The molecule has 1 fully saturated rings. The fourth-order valence-corrected chi connectivity index (χ4v) is 4.22. The molecule has 3 rings (SSSR count). The summed E-state index contributed by atoms with van der Waals surface area (Å²) in [7, 11) is 0. The molecule has 1 amide bonds. The van der Waals surface area contributed by atoms with Crippen LogP contribution in [0.2, 0.25) is 0 Å². The number of rotatable bonds is 5. The first-order valence-electron chi connectivity index (χ1n) is 9.91. The van der Waals surface area contributed by atoms with Crippen LogP contribution in [0.4, 0.5) is 5.69 Å². The van der Waals surface area contributed by atoms with Gasteiger partial charge in [0.1, 0.15) is 5.41 Å². The number of nitrogens with one attached hydrogen (secondary N) is 1. The van der Waals surface area contributed by atoms with Gasteiger partial charge in [0.25, 0.3) is 5.91 Å². The highest BCUT2D eigenvalue weighted by Crippen LogP contribution is 2.38. The first kappa shape index (κ1) is 19.7. The maximum Gasteiger partial charge on any atom is 0.314 e. The molecule has 0 unspecified atom stereocenters. The number of carbonyl (C=O) groups excluding carboxylic acids is 1. The number of carboxylic acids is 1. The zero-order valence-electron chi connectivity index (χ0n) is 16.2. The molecule has 0 bridgehead atoms. The molecule has 27 heavy (non-hydrogen) atoms. The third-order valence-corrected chi connectivity index (χ3v) is 5.97. The lowest BCUT2D eigenvalue weighted by atomic mass is 9.72. The Labute approximate surface area is 160 Å². The van der Waals surface area contributed by atoms with Crippen molar-refractivity contribution < 1.29 is 19.8 Å². The second-order valence-electron chi connectivity index (χ2n) is 8.30. The van der Waals surface area contributed by atoms with Crippen molar-refractivity contribution in [3.05, 3.63) is 29.3 Å². The molecule has 1 aromatic carbocycles. The minimum absolute atomic E-state index is 0.0543. The van der Waals surface area contributed by atoms with Gasteiger partial charge >= 0.3 is 5.97 Å². The second-order valence-corrected chi connectivity index (χ2v) is 8.30. The van der Waals surface area contributed by atoms with Crippen molar-refractivity contribution in [2.75, 3.05) is 25.0 Å². The van der Waals surface area contributed by atoms with Crippen LogP contribution in [-0.4, -0.2) is 52.7 Å². The van der Waals surface area contributed by atoms with Gasteiger partial charge in [0.05, 0.1) is 17.4 Å². The summed E-state index contributed by atoms with van der Waals surface area (Å²) in [6.45, 7) is 5.34. The molecule has 2 aliphatic rings. The molecule has 6 heteroatoms. The van der Waals surface area contributed by atoms with E-state index in [4.69, 9.17) is 0 Å². The number of aliphatic carboxylic acids is 1. The van der Waals surface area contributed by atoms with Gasteiger partial charge in [-0.3, -0.25) is 9.59 Å². The van der Waals surface area contributed by atoms with E-state index in [1.54, 1.807) is 11.0 Å². The van der Waals surface area contributed by atoms with E-state index in [9.17, 15) is 19.8 Å². The average molecular weight is 374 g/mol. The van der Waals surface area contributed by atoms with Crippen LogP contribution < -0.4 is 5.32 Å². The van der Waals surface area contributed by atoms with Gasteiger partial charge in [-0.15, -0.1) is 0 Å². The lowest BCUT2D eigenvalue weighted by molar-refractivity contribution is -0.163. The zero-order chi connectivity index (χ0) is 19.6. The van der Waals surface area contributed by atoms with Crippen LogP contribution >= 0.6 is 0 Å². The fourth-order valence-electron chi connectivity index (χ4n) is 4.22. The van der Waals surface area contributed by atoms with E-state index in [0.717, 1.165) is 30.6 Å². The number of para-hydroxylation sites is 1. The summed E-state index contributed by atoms with van der Waals surface area (Å²) in [5.74, 6) is -0.825. The van der Waals surface area contributed by atoms with Crippen LogP contribution in [0.3, 0.4) is 0 Å². The van der Waals surface area contributed by atoms with Crippen molar-refractivity contribution in [1.29, 1.82) is 0 Å². The highest BCUT2D eigenvalue weighted by molar-refractivity contribution is 6.00. The summed E-state index contributed by atoms with van der Waals surface area (Å²) in [6, 6.07) is 5.73. The predicted octanol–water partition coefficient (Wildman–Crippen LogP) is 2.76. The topological polar surface area (TPSA) is 89.9 Å². The molecule has 6 nitrogen and oxygen atoms in total. The highest BCUT2D eigenvalue weighted by atomic mass is 16.4. The van der Waals surface area contributed by atoms with Gasteiger partial charge in [-0.1, -0.05) is 26.0 Å². The number of nitrogens with zero attached hydrogens (tertiary/aromatic N) is 1. The van der Waals surface area contributed by atoms with E-state index in [-0.39, 0.29) is 12.5 Å². The number of anilines is 1. The molecule has 0 saturated carbocycles. The zero-order valence-corrected chi connectivity index (χ0v) is 16.2. The van der Waals surface area contributed by atoms with Gasteiger partial charge in [0.2, 0.25) is 0 Å². The van der Waals surface area contributed by atoms with Crippen LogP contribution in [-0.2, 0) is 11.2 Å². The minimum atomic E-state index is -1.29. The SMILES string of the molecule is CC(C)CC[C@@]1(C(=O)O)CN(C(=O)c2cccc3c2NCCC3)CC[C@H]1O. The van der Waals surface area contributed by atoms with E-state index in [1.165, 1.54) is 0 Å². The first-order valence-corrected chi connectivity index (χ1v) is 9.91. The maximum atomic E-state index is 13.2. The quantitative estimate of drug-likeness (QED) is 0.737. The first-order chi connectivity index (χ1) is 12.8. The summed E-state index contributed by atoms with van der Waals surface area (Å²) in [6.07, 6.45) is 2.41. The Morgan fingerprint density at radius 3 is 2.85 bits per heavy atom. The van der Waals surface area contributed by atoms with Gasteiger partial charge in [0, 0.05) is 19.6 Å². The van der Waals surface area contributed by atoms with E-state index in [0.29, 0.717) is 37.3 Å². The third kappa shape index (κ3) is 3.81. The number of hydrogen-bond acceptors (Lipinski definition) is 4. The fraction of sp³-hybridized carbons (Fsp3) is 0.619. The van der Waals surface area contributed by atoms with Crippen molar-refractivity contribution in [2.45, 2.75) is 52.1 Å². The molecule has 0 radical (unpaired) electrons. The van der Waals surface area contributed by atoms with Gasteiger partial charge in [-0.05, 0) is 49.7 Å². The van der Waals surface area contributed by atoms with Crippen molar-refractivity contribution >= 4 is 17.6 Å². The molecule has 0 spiro atoms. The third-order valence-electron chi connectivity index (χ3n) is 5.97. The van der Waals surface area contributed by atoms with Gasteiger partial charge < -0.3 is 20.4 Å². The summed E-state index contributed by atoms with van der Waals surface area (Å²) in [5, 5.41) is 23.8. The largest absolute Gasteiger partial charge is 0.481 e. The van der Waals surface area contributed by atoms with E-state index in [1.807, 2.05) is 26.0 Å². The van der Waals surface area contributed by atoms with Gasteiger partial charge in [-0.2, -0.15) is 0 Å². The number of fused-ring (bicyclic) bond motifs is 1. The number of carboxylic acid groups (broad SMARTS) is 1. The monoisotopic (exact) mass is 374 g/mol. The van der Waals surface area contributed by atoms with Crippen LogP contribution in [0.1, 0.15) is 55.5 Å². The number of likely N-dealkylation sites (tertiary alicyclic amines) is 1. The number of aliphatic hydroxyl groups excluding tert-OH is 1. The normalized spacial score (nSPS) is 25.0. The number of aliphatic hydroxyl groups is 1. The number of amides is 1. The smallest absolute Gasteiger partial charge is 0.314 e. The van der Waals surface area contributed by atoms with Crippen molar-refractivity contribution in [2.24, 2.45) is 11.3 Å². The van der Waals surface area contributed by atoms with Crippen LogP contribution in [0.15, 0.2) is 18.2 Å². The van der Waals surface area contributed by atoms with Crippen molar-refractivity contribution in [3.63, 3.8) is 0 Å².